The van der Waals surface area contributed by atoms with E-state index in [0.717, 1.165) is 50.5 Å². The zero-order chi connectivity index (χ0) is 14.4. The van der Waals surface area contributed by atoms with Gasteiger partial charge in [-0.1, -0.05) is 19.1 Å². The third-order valence-electron chi connectivity index (χ3n) is 3.79. The second kappa shape index (κ2) is 7.62. The molecule has 2 N–H and O–H groups in total. The molecule has 0 saturated carbocycles. The highest BCUT2D eigenvalue weighted by Gasteiger charge is 2.22. The van der Waals surface area contributed by atoms with Crippen molar-refractivity contribution in [2.75, 3.05) is 33.4 Å². The van der Waals surface area contributed by atoms with Crippen LogP contribution in [0.4, 0.5) is 0 Å². The van der Waals surface area contributed by atoms with Crippen LogP contribution in [0.25, 0.3) is 0 Å². The van der Waals surface area contributed by atoms with Gasteiger partial charge in [0.05, 0.1) is 13.2 Å². The number of rotatable bonds is 7. The minimum absolute atomic E-state index is 0.0285. The highest BCUT2D eigenvalue weighted by molar-refractivity contribution is 5.29. The molecule has 1 fully saturated rings. The van der Waals surface area contributed by atoms with Gasteiger partial charge >= 0.3 is 0 Å². The van der Waals surface area contributed by atoms with Crippen LogP contribution in [0, 0.1) is 0 Å². The van der Waals surface area contributed by atoms with Crippen molar-refractivity contribution < 1.29 is 9.47 Å². The number of likely N-dealkylation sites (N-methyl/N-ethyl adjacent to an activating group) is 1. The lowest BCUT2D eigenvalue weighted by molar-refractivity contribution is 0.156. The Hall–Kier alpha value is -1.10. The maximum absolute atomic E-state index is 6.29. The van der Waals surface area contributed by atoms with E-state index in [9.17, 15) is 0 Å². The topological polar surface area (TPSA) is 47.7 Å². The van der Waals surface area contributed by atoms with Crippen molar-refractivity contribution in [2.45, 2.75) is 31.8 Å². The van der Waals surface area contributed by atoms with Gasteiger partial charge in [-0.3, -0.25) is 4.90 Å². The van der Waals surface area contributed by atoms with Gasteiger partial charge in [-0.2, -0.15) is 0 Å². The lowest BCUT2D eigenvalue weighted by Crippen LogP contribution is -2.37. The summed E-state index contributed by atoms with van der Waals surface area (Å²) in [4.78, 5) is 2.30. The van der Waals surface area contributed by atoms with Crippen LogP contribution < -0.4 is 10.5 Å². The molecular weight excluding hydrogens is 252 g/mol. The van der Waals surface area contributed by atoms with Crippen molar-refractivity contribution in [3.8, 4) is 5.75 Å². The third kappa shape index (κ3) is 4.20. The van der Waals surface area contributed by atoms with Gasteiger partial charge in [0, 0.05) is 25.2 Å². The first-order valence-electron chi connectivity index (χ1n) is 7.47. The van der Waals surface area contributed by atoms with Gasteiger partial charge in [0.1, 0.15) is 5.75 Å². The number of hydrogen-bond acceptors (Lipinski definition) is 4. The molecule has 1 saturated heterocycles. The second-order valence-electron chi connectivity index (χ2n) is 5.48. The molecule has 1 aromatic rings. The molecule has 1 aliphatic heterocycles. The van der Waals surface area contributed by atoms with E-state index in [4.69, 9.17) is 15.2 Å². The predicted molar refractivity (Wildman–Crippen MR) is 81.0 cm³/mol. The van der Waals surface area contributed by atoms with Crippen LogP contribution in [0.15, 0.2) is 24.3 Å². The maximum atomic E-state index is 6.29. The van der Waals surface area contributed by atoms with Crippen molar-refractivity contribution in [3.05, 3.63) is 29.8 Å². The molecule has 2 rings (SSSR count). The molecule has 1 heterocycles. The van der Waals surface area contributed by atoms with Crippen LogP contribution in [0.3, 0.4) is 0 Å². The SMILES string of the molecule is CCCOc1ccc(C(N)CN(C)C2CCOC2)cc1. The van der Waals surface area contributed by atoms with E-state index in [1.165, 1.54) is 0 Å². The van der Waals surface area contributed by atoms with Gasteiger partial charge in [0.2, 0.25) is 0 Å². The molecule has 0 bridgehead atoms. The smallest absolute Gasteiger partial charge is 0.119 e. The Balaban J connectivity index is 1.86. The van der Waals surface area contributed by atoms with Crippen molar-refractivity contribution in [1.29, 1.82) is 0 Å². The Morgan fingerprint density at radius 3 is 2.75 bits per heavy atom. The minimum Gasteiger partial charge on any atom is -0.494 e. The zero-order valence-electron chi connectivity index (χ0n) is 12.5. The predicted octanol–water partition coefficient (Wildman–Crippen LogP) is 2.20. The molecule has 2 unspecified atom stereocenters. The van der Waals surface area contributed by atoms with Crippen LogP contribution in [-0.4, -0.2) is 44.4 Å². The first-order chi connectivity index (χ1) is 9.70. The summed E-state index contributed by atoms with van der Waals surface area (Å²) in [5.41, 5.74) is 7.44. The molecular formula is C16H26N2O2. The Morgan fingerprint density at radius 1 is 1.40 bits per heavy atom. The average Bonchev–Trinajstić information content (AvgIpc) is 3.00. The summed E-state index contributed by atoms with van der Waals surface area (Å²) in [6.45, 7) is 5.41. The summed E-state index contributed by atoms with van der Waals surface area (Å²) in [6, 6.07) is 8.67. The fraction of sp³-hybridized carbons (Fsp3) is 0.625. The van der Waals surface area contributed by atoms with Crippen molar-refractivity contribution in [1.82, 2.24) is 4.90 Å². The molecule has 4 heteroatoms. The van der Waals surface area contributed by atoms with E-state index in [-0.39, 0.29) is 6.04 Å². The standard InChI is InChI=1S/C16H26N2O2/c1-3-9-20-15-6-4-13(5-7-15)16(17)11-18(2)14-8-10-19-12-14/h4-7,14,16H,3,8-12,17H2,1-2H3. The normalized spacial score (nSPS) is 20.3. The number of benzene rings is 1. The molecule has 1 aliphatic rings. The van der Waals surface area contributed by atoms with Crippen LogP contribution in [0.2, 0.25) is 0 Å². The Morgan fingerprint density at radius 2 is 2.15 bits per heavy atom. The van der Waals surface area contributed by atoms with E-state index in [1.807, 2.05) is 12.1 Å². The van der Waals surface area contributed by atoms with Crippen LogP contribution >= 0.6 is 0 Å². The molecule has 0 radical (unpaired) electrons. The third-order valence-corrected chi connectivity index (χ3v) is 3.79. The monoisotopic (exact) mass is 278 g/mol. The first kappa shape index (κ1) is 15.3. The fourth-order valence-electron chi connectivity index (χ4n) is 2.47. The average molecular weight is 278 g/mol. The van der Waals surface area contributed by atoms with Gasteiger partial charge in [0.15, 0.2) is 0 Å². The molecule has 0 spiro atoms. The largest absolute Gasteiger partial charge is 0.494 e. The van der Waals surface area contributed by atoms with Crippen molar-refractivity contribution in [3.63, 3.8) is 0 Å². The molecule has 0 amide bonds. The van der Waals surface area contributed by atoms with E-state index < -0.39 is 0 Å². The lowest BCUT2D eigenvalue weighted by atomic mass is 10.1. The summed E-state index contributed by atoms with van der Waals surface area (Å²) in [6.07, 6.45) is 2.13. The summed E-state index contributed by atoms with van der Waals surface area (Å²) in [5.74, 6) is 0.917. The Kier molecular flexibility index (Phi) is 5.83. The quantitative estimate of drug-likeness (QED) is 0.830. The minimum atomic E-state index is 0.0285. The number of hydrogen-bond donors (Lipinski definition) is 1. The highest BCUT2D eigenvalue weighted by atomic mass is 16.5. The van der Waals surface area contributed by atoms with Gasteiger partial charge in [-0.05, 0) is 37.6 Å². The zero-order valence-corrected chi connectivity index (χ0v) is 12.5. The van der Waals surface area contributed by atoms with E-state index in [0.29, 0.717) is 6.04 Å². The van der Waals surface area contributed by atoms with Crippen LogP contribution in [0.5, 0.6) is 5.75 Å². The summed E-state index contributed by atoms with van der Waals surface area (Å²) in [5, 5.41) is 0. The van der Waals surface area contributed by atoms with Crippen LogP contribution in [-0.2, 0) is 4.74 Å². The molecule has 1 aromatic carbocycles. The lowest BCUT2D eigenvalue weighted by Gasteiger charge is -2.26. The molecule has 0 aliphatic carbocycles. The molecule has 20 heavy (non-hydrogen) atoms. The highest BCUT2D eigenvalue weighted by Crippen LogP contribution is 2.19. The van der Waals surface area contributed by atoms with Crippen molar-refractivity contribution in [2.24, 2.45) is 5.73 Å². The second-order valence-corrected chi connectivity index (χ2v) is 5.48. The molecule has 4 nitrogen and oxygen atoms in total. The summed E-state index contributed by atoms with van der Waals surface area (Å²) < 4.78 is 11.0. The van der Waals surface area contributed by atoms with E-state index in [1.54, 1.807) is 0 Å². The van der Waals surface area contributed by atoms with Crippen molar-refractivity contribution >= 4 is 0 Å². The molecule has 0 aromatic heterocycles. The molecule has 112 valence electrons. The number of ether oxygens (including phenoxy) is 2. The van der Waals surface area contributed by atoms with Gasteiger partial charge in [-0.25, -0.2) is 0 Å². The Bertz CT molecular complexity index is 388. The Labute approximate surface area is 121 Å². The number of nitrogens with zero attached hydrogens (tertiary/aromatic N) is 1. The van der Waals surface area contributed by atoms with Crippen LogP contribution in [0.1, 0.15) is 31.4 Å². The molecule has 2 atom stereocenters. The summed E-state index contributed by atoms with van der Waals surface area (Å²) in [7, 11) is 2.12. The van der Waals surface area contributed by atoms with Gasteiger partial charge in [-0.15, -0.1) is 0 Å². The number of nitrogens with two attached hydrogens (primary N) is 1. The van der Waals surface area contributed by atoms with E-state index in [2.05, 4.69) is 31.0 Å². The van der Waals surface area contributed by atoms with E-state index >= 15 is 0 Å². The fourth-order valence-corrected chi connectivity index (χ4v) is 2.47. The first-order valence-corrected chi connectivity index (χ1v) is 7.47. The summed E-state index contributed by atoms with van der Waals surface area (Å²) >= 11 is 0. The maximum Gasteiger partial charge on any atom is 0.119 e. The van der Waals surface area contributed by atoms with Gasteiger partial charge in [0.25, 0.3) is 0 Å². The van der Waals surface area contributed by atoms with Gasteiger partial charge < -0.3 is 15.2 Å².